The Morgan fingerprint density at radius 1 is 0.815 bits per heavy atom. The number of ketones is 1. The quantitative estimate of drug-likeness (QED) is 0.385. The highest BCUT2D eigenvalue weighted by Gasteiger charge is 2.62. The summed E-state index contributed by atoms with van der Waals surface area (Å²) in [6.07, 6.45) is 4.90. The summed E-state index contributed by atoms with van der Waals surface area (Å²) in [5, 5.41) is 10.6. The van der Waals surface area contributed by atoms with Crippen molar-refractivity contribution < 1.29 is 52.5 Å². The van der Waals surface area contributed by atoms with Crippen LogP contribution in [0.1, 0.15) is 97.3 Å². The molecule has 12 nitrogen and oxygen atoms in total. The van der Waals surface area contributed by atoms with Gasteiger partial charge in [0.25, 0.3) is 0 Å². The molecule has 0 aromatic carbocycles. The Bertz CT molecular complexity index is 1380. The first-order valence-electron chi connectivity index (χ1n) is 20.9. The largest absolute Gasteiger partial charge is 0.392 e. The molecule has 0 saturated carbocycles. The van der Waals surface area contributed by atoms with Crippen molar-refractivity contribution in [2.24, 2.45) is 23.5 Å². The molecule has 10 bridgehead atoms. The molecular formula is C42H65NO11. The lowest BCUT2D eigenvalue weighted by Gasteiger charge is -2.50. The van der Waals surface area contributed by atoms with Gasteiger partial charge in [-0.05, 0) is 62.0 Å². The van der Waals surface area contributed by atoms with Gasteiger partial charge in [-0.3, -0.25) is 4.79 Å². The predicted octanol–water partition coefficient (Wildman–Crippen LogP) is 4.32. The first-order chi connectivity index (χ1) is 26.0. The second kappa shape index (κ2) is 16.2. The van der Waals surface area contributed by atoms with Crippen molar-refractivity contribution in [1.82, 2.24) is 0 Å². The van der Waals surface area contributed by atoms with Gasteiger partial charge in [0, 0.05) is 71.1 Å². The van der Waals surface area contributed by atoms with Gasteiger partial charge in [0.05, 0.1) is 79.4 Å². The predicted molar refractivity (Wildman–Crippen MR) is 198 cm³/mol. The summed E-state index contributed by atoms with van der Waals surface area (Å²) in [6.45, 7) is 13.4. The van der Waals surface area contributed by atoms with Gasteiger partial charge in [-0.1, -0.05) is 27.0 Å². The molecule has 12 heteroatoms. The Balaban J connectivity index is 1.08. The Kier molecular flexibility index (Phi) is 11.8. The molecule has 0 radical (unpaired) electrons. The second-order valence-corrected chi connectivity index (χ2v) is 17.9. The molecule has 3 unspecified atom stereocenters. The van der Waals surface area contributed by atoms with Crippen LogP contribution in [0.4, 0.5) is 0 Å². The van der Waals surface area contributed by atoms with Crippen LogP contribution in [0.5, 0.6) is 0 Å². The van der Waals surface area contributed by atoms with Crippen LogP contribution in [-0.2, 0) is 47.4 Å². The maximum absolute atomic E-state index is 14.1. The van der Waals surface area contributed by atoms with Crippen LogP contribution in [0.25, 0.3) is 0 Å². The van der Waals surface area contributed by atoms with Gasteiger partial charge < -0.3 is 53.5 Å². The van der Waals surface area contributed by atoms with Crippen LogP contribution in [0.3, 0.4) is 0 Å². The van der Waals surface area contributed by atoms with Crippen LogP contribution in [0, 0.1) is 17.8 Å². The van der Waals surface area contributed by atoms with E-state index >= 15 is 0 Å². The number of hydrogen-bond acceptors (Lipinski definition) is 12. The zero-order valence-electron chi connectivity index (χ0n) is 32.8. The molecule has 8 saturated heterocycles. The van der Waals surface area contributed by atoms with Gasteiger partial charge in [-0.15, -0.1) is 0 Å². The molecule has 304 valence electrons. The maximum atomic E-state index is 14.1. The van der Waals surface area contributed by atoms with Crippen molar-refractivity contribution in [2.45, 2.75) is 195 Å². The molecule has 8 aliphatic heterocycles. The third-order valence-corrected chi connectivity index (χ3v) is 14.3. The lowest BCUT2D eigenvalue weighted by Crippen LogP contribution is -2.62. The van der Waals surface area contributed by atoms with E-state index in [1.54, 1.807) is 14.2 Å². The summed E-state index contributed by atoms with van der Waals surface area (Å²) in [5.74, 6) is -0.666. The number of carbonyl (C=O) groups is 1. The van der Waals surface area contributed by atoms with Crippen LogP contribution >= 0.6 is 0 Å². The van der Waals surface area contributed by atoms with Crippen molar-refractivity contribution in [2.75, 3.05) is 20.8 Å². The highest BCUT2D eigenvalue weighted by atomic mass is 16.7. The Hall–Kier alpha value is -1.29. The number of hydrogen-bond donors (Lipinski definition) is 2. The maximum Gasteiger partial charge on any atom is 0.172 e. The summed E-state index contributed by atoms with van der Waals surface area (Å²) in [7, 11) is 3.41. The third kappa shape index (κ3) is 7.68. The minimum Gasteiger partial charge on any atom is -0.392 e. The highest BCUT2D eigenvalue weighted by Crippen LogP contribution is 2.51. The first-order valence-corrected chi connectivity index (χ1v) is 20.9. The van der Waals surface area contributed by atoms with E-state index in [-0.39, 0.29) is 122 Å². The van der Waals surface area contributed by atoms with Gasteiger partial charge in [0.1, 0.15) is 18.0 Å². The average molecular weight is 760 g/mol. The van der Waals surface area contributed by atoms with E-state index in [1.165, 1.54) is 0 Å². The van der Waals surface area contributed by atoms with E-state index in [0.29, 0.717) is 32.1 Å². The van der Waals surface area contributed by atoms with Gasteiger partial charge in [0.15, 0.2) is 5.79 Å². The van der Waals surface area contributed by atoms with Crippen molar-refractivity contribution in [3.63, 3.8) is 0 Å². The van der Waals surface area contributed by atoms with Crippen molar-refractivity contribution >= 4 is 5.78 Å². The van der Waals surface area contributed by atoms with E-state index in [4.69, 9.17) is 48.4 Å². The van der Waals surface area contributed by atoms with Crippen molar-refractivity contribution in [3.05, 3.63) is 24.3 Å². The summed E-state index contributed by atoms with van der Waals surface area (Å²) in [6, 6.07) is 0. The van der Waals surface area contributed by atoms with E-state index in [2.05, 4.69) is 27.0 Å². The molecule has 0 amide bonds. The van der Waals surface area contributed by atoms with Crippen molar-refractivity contribution in [1.29, 1.82) is 0 Å². The van der Waals surface area contributed by atoms with Crippen LogP contribution in [-0.4, -0.2) is 129 Å². The van der Waals surface area contributed by atoms with Crippen LogP contribution in [0.15, 0.2) is 24.3 Å². The second-order valence-electron chi connectivity index (χ2n) is 17.9. The zero-order chi connectivity index (χ0) is 37.9. The number of carbonyl (C=O) groups excluding carboxylic acids is 1. The number of rotatable bonds is 5. The number of aliphatic hydroxyl groups is 1. The summed E-state index contributed by atoms with van der Waals surface area (Å²) in [4.78, 5) is 14.1. The Morgan fingerprint density at radius 2 is 1.57 bits per heavy atom. The highest BCUT2D eigenvalue weighted by molar-refractivity contribution is 5.79. The van der Waals surface area contributed by atoms with Gasteiger partial charge >= 0.3 is 0 Å². The molecular weight excluding hydrogens is 694 g/mol. The molecule has 1 spiro atoms. The number of nitrogens with two attached hydrogens (primary N) is 1. The molecule has 0 aromatic rings. The normalized spacial score (nSPS) is 50.3. The molecule has 19 atom stereocenters. The third-order valence-electron chi connectivity index (χ3n) is 14.3. The number of ether oxygens (including phenoxy) is 9. The molecule has 0 aliphatic carbocycles. The number of methoxy groups -OCH3 is 2. The standard InChI is InChI=1S/C42H65NO11/c1-21-13-27-7-9-31-22(2)14-29(48-31)11-12-42-19-36(46-5)41(54-42)37-24(4)38(53-42)40-32(52-37)10-8-28(50-40)15-25(44)16-30-34(18-33(49-27)23(21)3)51-35(39(30)47-6)17-26(45)20-43/h21,24,26-41,45H,2-3,7-20,43H2,1,4-6H3/t21-,24-,26+,27+,28-,29+,30+,31+,32+,33?,34?,35?,36-,37-,38-,39-,40+,41+,42-/m1/s1. The lowest BCUT2D eigenvalue weighted by atomic mass is 9.79. The fraction of sp³-hybridized carbons (Fsp3) is 0.881. The SMILES string of the molecule is C=C1C2CC3OC(C[C@H](O)CN)[C@H](OC)[C@H]3CC(=O)C[C@H]3CC[C@@H]4O[C@@H]5[C@@H](C)[C@@H](O[C@@]6(CC[C@H]7CC(=C)[C@H](CC[C@@H](C[C@H]1C)O2)O7)C[C@@H](OC)[C@@H]5O6)[C@H]4O3. The monoisotopic (exact) mass is 759 g/mol. The van der Waals surface area contributed by atoms with Gasteiger partial charge in [-0.25, -0.2) is 0 Å². The first kappa shape index (κ1) is 39.5. The number of aliphatic hydroxyl groups excluding tert-OH is 1. The smallest absolute Gasteiger partial charge is 0.172 e. The molecule has 8 fully saturated rings. The zero-order valence-corrected chi connectivity index (χ0v) is 32.8. The van der Waals surface area contributed by atoms with Crippen molar-refractivity contribution in [3.8, 4) is 0 Å². The fourth-order valence-electron chi connectivity index (χ4n) is 11.3. The summed E-state index contributed by atoms with van der Waals surface area (Å²) < 4.78 is 60.0. The lowest BCUT2D eigenvalue weighted by molar-refractivity contribution is -0.290. The van der Waals surface area contributed by atoms with E-state index in [9.17, 15) is 9.90 Å². The minimum atomic E-state index is -0.840. The molecule has 8 aliphatic rings. The van der Waals surface area contributed by atoms with E-state index in [0.717, 1.165) is 49.7 Å². The van der Waals surface area contributed by atoms with Crippen LogP contribution < -0.4 is 5.73 Å². The number of fused-ring (bicyclic) bond motifs is 9. The Morgan fingerprint density at radius 3 is 2.35 bits per heavy atom. The number of Topliss-reactive ketones (excluding diaryl/α,β-unsaturated/α-hetero) is 1. The Labute approximate surface area is 321 Å². The average Bonchev–Trinajstić information content (AvgIpc) is 3.79. The van der Waals surface area contributed by atoms with Gasteiger partial charge in [0.2, 0.25) is 0 Å². The topological polar surface area (TPSA) is 146 Å². The van der Waals surface area contributed by atoms with E-state index < -0.39 is 18.0 Å². The molecule has 3 N–H and O–H groups in total. The van der Waals surface area contributed by atoms with Crippen LogP contribution in [0.2, 0.25) is 0 Å². The van der Waals surface area contributed by atoms with Gasteiger partial charge in [-0.2, -0.15) is 0 Å². The molecule has 0 aromatic heterocycles. The molecule has 8 rings (SSSR count). The molecule has 8 heterocycles. The van der Waals surface area contributed by atoms with E-state index in [1.807, 2.05) is 0 Å². The fourth-order valence-corrected chi connectivity index (χ4v) is 11.3. The minimum absolute atomic E-state index is 0.0155. The summed E-state index contributed by atoms with van der Waals surface area (Å²) in [5.41, 5.74) is 8.01. The summed E-state index contributed by atoms with van der Waals surface area (Å²) >= 11 is 0. The molecule has 54 heavy (non-hydrogen) atoms.